The molecule has 0 aliphatic carbocycles. The van der Waals surface area contributed by atoms with Crippen LogP contribution >= 0.6 is 0 Å². The molecule has 1 heterocycles. The number of aliphatic hydroxyl groups excluding tert-OH is 1. The summed E-state index contributed by atoms with van der Waals surface area (Å²) in [6.45, 7) is 7.23. The second kappa shape index (κ2) is 5.88. The topological polar surface area (TPSA) is 50.1 Å². The highest BCUT2D eigenvalue weighted by molar-refractivity contribution is 5.04. The Morgan fingerprint density at radius 2 is 2.27 bits per heavy atom. The van der Waals surface area contributed by atoms with E-state index in [0.29, 0.717) is 6.04 Å². The van der Waals surface area contributed by atoms with E-state index < -0.39 is 0 Å². The minimum atomic E-state index is 0.187. The van der Waals surface area contributed by atoms with E-state index in [4.69, 9.17) is 5.11 Å². The largest absolute Gasteiger partial charge is 0.395 e. The zero-order chi connectivity index (χ0) is 11.3. The van der Waals surface area contributed by atoms with Crippen molar-refractivity contribution in [3.8, 4) is 0 Å². The highest BCUT2D eigenvalue weighted by Gasteiger charge is 2.05. The Kier molecular flexibility index (Phi) is 4.78. The molecule has 0 aliphatic heterocycles. The number of aliphatic hydroxyl groups is 1. The van der Waals surface area contributed by atoms with Crippen molar-refractivity contribution < 1.29 is 5.11 Å². The van der Waals surface area contributed by atoms with Crippen molar-refractivity contribution in [1.82, 2.24) is 15.1 Å². The normalized spacial score (nSPS) is 13.4. The van der Waals surface area contributed by atoms with Crippen molar-refractivity contribution in [1.29, 1.82) is 0 Å². The van der Waals surface area contributed by atoms with Crippen LogP contribution in [0.3, 0.4) is 0 Å². The fraction of sp³-hybridized carbons (Fsp3) is 0.727. The average Bonchev–Trinajstić information content (AvgIpc) is 2.68. The van der Waals surface area contributed by atoms with Gasteiger partial charge in [-0.05, 0) is 20.3 Å². The molecular weight excluding hydrogens is 190 g/mol. The van der Waals surface area contributed by atoms with Crippen LogP contribution in [0.4, 0.5) is 0 Å². The van der Waals surface area contributed by atoms with Crippen LogP contribution in [0.2, 0.25) is 0 Å². The monoisotopic (exact) mass is 211 g/mol. The molecule has 4 nitrogen and oxygen atoms in total. The summed E-state index contributed by atoms with van der Waals surface area (Å²) < 4.78 is 1.94. The fourth-order valence-electron chi connectivity index (χ4n) is 1.35. The first-order chi connectivity index (χ1) is 7.17. The molecule has 4 heteroatoms. The van der Waals surface area contributed by atoms with Gasteiger partial charge in [0.05, 0.1) is 12.8 Å². The molecule has 1 rings (SSSR count). The van der Waals surface area contributed by atoms with Gasteiger partial charge in [-0.2, -0.15) is 5.10 Å². The van der Waals surface area contributed by atoms with E-state index in [1.807, 2.05) is 17.1 Å². The van der Waals surface area contributed by atoms with Crippen LogP contribution < -0.4 is 5.32 Å². The van der Waals surface area contributed by atoms with E-state index in [1.165, 1.54) is 0 Å². The van der Waals surface area contributed by atoms with Crippen molar-refractivity contribution in [2.24, 2.45) is 0 Å². The van der Waals surface area contributed by atoms with Gasteiger partial charge in [-0.25, -0.2) is 0 Å². The molecule has 2 N–H and O–H groups in total. The van der Waals surface area contributed by atoms with Crippen molar-refractivity contribution in [3.63, 3.8) is 0 Å². The third-order valence-electron chi connectivity index (χ3n) is 2.49. The number of hydrogen-bond donors (Lipinski definition) is 2. The van der Waals surface area contributed by atoms with Crippen LogP contribution in [-0.4, -0.2) is 27.5 Å². The van der Waals surface area contributed by atoms with Crippen LogP contribution in [0, 0.1) is 0 Å². The number of rotatable bonds is 6. The summed E-state index contributed by atoms with van der Waals surface area (Å²) in [5, 5.41) is 16.6. The van der Waals surface area contributed by atoms with Crippen molar-refractivity contribution in [3.05, 3.63) is 18.0 Å². The maximum atomic E-state index is 9.01. The summed E-state index contributed by atoms with van der Waals surface area (Å²) in [7, 11) is 0. The van der Waals surface area contributed by atoms with E-state index in [2.05, 4.69) is 31.2 Å². The highest BCUT2D eigenvalue weighted by Crippen LogP contribution is 2.05. The Bertz CT molecular complexity index is 279. The number of nitrogens with zero attached hydrogens (tertiary/aromatic N) is 2. The van der Waals surface area contributed by atoms with Crippen LogP contribution in [0.5, 0.6) is 0 Å². The predicted octanol–water partition coefficient (Wildman–Crippen LogP) is 1.32. The number of aromatic nitrogens is 2. The highest BCUT2D eigenvalue weighted by atomic mass is 16.3. The lowest BCUT2D eigenvalue weighted by molar-refractivity contribution is 0.238. The summed E-state index contributed by atoms with van der Waals surface area (Å²) in [5.74, 6) is 0. The van der Waals surface area contributed by atoms with Crippen molar-refractivity contribution in [2.75, 3.05) is 6.61 Å². The first kappa shape index (κ1) is 12.2. The molecule has 0 unspecified atom stereocenters. The molecule has 0 fully saturated rings. The number of nitrogens with one attached hydrogen (secondary N) is 1. The Hall–Kier alpha value is -0.870. The molecule has 15 heavy (non-hydrogen) atoms. The number of hydrogen-bond acceptors (Lipinski definition) is 3. The average molecular weight is 211 g/mol. The molecular formula is C11H21N3O. The molecule has 0 saturated carbocycles. The van der Waals surface area contributed by atoms with Crippen LogP contribution in [0.15, 0.2) is 12.4 Å². The molecule has 1 aromatic heterocycles. The summed E-state index contributed by atoms with van der Waals surface area (Å²) in [5.41, 5.74) is 1.16. The molecule has 0 aromatic carbocycles. The molecule has 1 atom stereocenters. The zero-order valence-corrected chi connectivity index (χ0v) is 9.77. The molecule has 1 aromatic rings. The summed E-state index contributed by atoms with van der Waals surface area (Å²) in [6.07, 6.45) is 4.85. The summed E-state index contributed by atoms with van der Waals surface area (Å²) in [4.78, 5) is 0. The lowest BCUT2D eigenvalue weighted by Crippen LogP contribution is -2.31. The maximum Gasteiger partial charge on any atom is 0.0584 e. The molecule has 0 amide bonds. The lowest BCUT2D eigenvalue weighted by Gasteiger charge is -2.12. The van der Waals surface area contributed by atoms with Crippen molar-refractivity contribution >= 4 is 0 Å². The third-order valence-corrected chi connectivity index (χ3v) is 2.49. The quantitative estimate of drug-likeness (QED) is 0.746. The van der Waals surface area contributed by atoms with Gasteiger partial charge in [-0.15, -0.1) is 0 Å². The van der Waals surface area contributed by atoms with E-state index in [-0.39, 0.29) is 12.6 Å². The van der Waals surface area contributed by atoms with Gasteiger partial charge >= 0.3 is 0 Å². The standard InChI is InChI=1S/C11H21N3O/c1-4-11(8-15)12-5-10-6-13-14(7-10)9(2)3/h6-7,9,11-12,15H,4-5,8H2,1-3H3/t11-/m0/s1. The van der Waals surface area contributed by atoms with Gasteiger partial charge in [-0.3, -0.25) is 4.68 Å². The van der Waals surface area contributed by atoms with Gasteiger partial charge in [0.25, 0.3) is 0 Å². The van der Waals surface area contributed by atoms with Gasteiger partial charge < -0.3 is 10.4 Å². The molecule has 0 bridgehead atoms. The lowest BCUT2D eigenvalue weighted by atomic mass is 10.2. The minimum Gasteiger partial charge on any atom is -0.395 e. The van der Waals surface area contributed by atoms with Gasteiger partial charge in [0.2, 0.25) is 0 Å². The van der Waals surface area contributed by atoms with E-state index in [9.17, 15) is 0 Å². The van der Waals surface area contributed by atoms with E-state index >= 15 is 0 Å². The minimum absolute atomic E-state index is 0.187. The first-order valence-corrected chi connectivity index (χ1v) is 5.54. The predicted molar refractivity (Wildman–Crippen MR) is 60.6 cm³/mol. The van der Waals surface area contributed by atoms with Gasteiger partial charge in [0.15, 0.2) is 0 Å². The molecule has 0 radical (unpaired) electrons. The molecule has 0 aliphatic rings. The van der Waals surface area contributed by atoms with Crippen LogP contribution in [0.1, 0.15) is 38.8 Å². The van der Waals surface area contributed by atoms with E-state index in [0.717, 1.165) is 18.5 Å². The SMILES string of the molecule is CC[C@@H](CO)NCc1cnn(C(C)C)c1. The fourth-order valence-corrected chi connectivity index (χ4v) is 1.35. The van der Waals surface area contributed by atoms with Crippen molar-refractivity contribution in [2.45, 2.75) is 45.8 Å². The van der Waals surface area contributed by atoms with Gasteiger partial charge in [0, 0.05) is 30.4 Å². The second-order valence-corrected chi connectivity index (χ2v) is 4.09. The Balaban J connectivity index is 2.43. The smallest absolute Gasteiger partial charge is 0.0584 e. The first-order valence-electron chi connectivity index (χ1n) is 5.54. The second-order valence-electron chi connectivity index (χ2n) is 4.09. The zero-order valence-electron chi connectivity index (χ0n) is 9.77. The molecule has 0 saturated heterocycles. The maximum absolute atomic E-state index is 9.01. The van der Waals surface area contributed by atoms with Crippen LogP contribution in [-0.2, 0) is 6.54 Å². The molecule has 0 spiro atoms. The Labute approximate surface area is 91.3 Å². The van der Waals surface area contributed by atoms with E-state index in [1.54, 1.807) is 0 Å². The van der Waals surface area contributed by atoms with Gasteiger partial charge in [0.1, 0.15) is 0 Å². The third kappa shape index (κ3) is 3.64. The summed E-state index contributed by atoms with van der Waals surface area (Å²) >= 11 is 0. The molecule has 86 valence electrons. The summed E-state index contributed by atoms with van der Waals surface area (Å²) in [6, 6.07) is 0.589. The van der Waals surface area contributed by atoms with Gasteiger partial charge in [-0.1, -0.05) is 6.92 Å². The Morgan fingerprint density at radius 1 is 1.53 bits per heavy atom. The van der Waals surface area contributed by atoms with Crippen LogP contribution in [0.25, 0.3) is 0 Å². The Morgan fingerprint density at radius 3 is 2.73 bits per heavy atom.